The Labute approximate surface area is 173 Å². The highest BCUT2D eigenvalue weighted by Crippen LogP contribution is 2.19. The average molecular weight is 425 g/mol. The fourth-order valence-corrected chi connectivity index (χ4v) is 5.16. The zero-order chi connectivity index (χ0) is 20.7. The van der Waals surface area contributed by atoms with E-state index in [1.54, 1.807) is 24.3 Å². The molecule has 2 unspecified atom stereocenters. The van der Waals surface area contributed by atoms with E-state index in [9.17, 15) is 13.2 Å². The third-order valence-electron chi connectivity index (χ3n) is 5.52. The van der Waals surface area contributed by atoms with Gasteiger partial charge in [0.2, 0.25) is 15.9 Å². The second kappa shape index (κ2) is 10.5. The number of morpholine rings is 1. The smallest absolute Gasteiger partial charge is 0.243 e. The molecule has 0 aromatic heterocycles. The lowest BCUT2D eigenvalue weighted by Crippen LogP contribution is -2.40. The highest BCUT2D eigenvalue weighted by atomic mass is 32.2. The van der Waals surface area contributed by atoms with Gasteiger partial charge in [0.25, 0.3) is 0 Å². The first-order chi connectivity index (χ1) is 13.9. The lowest BCUT2D eigenvalue weighted by Gasteiger charge is -2.26. The average Bonchev–Trinajstić information content (AvgIpc) is 3.25. The maximum Gasteiger partial charge on any atom is 0.243 e. The minimum Gasteiger partial charge on any atom is -0.379 e. The second-order valence-corrected chi connectivity index (χ2v) is 9.78. The number of hydrogen-bond donors (Lipinski definition) is 1. The zero-order valence-corrected chi connectivity index (χ0v) is 18.0. The van der Waals surface area contributed by atoms with Gasteiger partial charge in [-0.15, -0.1) is 0 Å². The van der Waals surface area contributed by atoms with E-state index in [2.05, 4.69) is 5.32 Å². The number of nitrogens with zero attached hydrogens (tertiary/aromatic N) is 1. The van der Waals surface area contributed by atoms with Crippen LogP contribution >= 0.6 is 0 Å². The standard InChI is InChI=1S/C21H32N2O5S/c1-17(4-8-19-3-2-14-28-19)22-21(24)11-7-18-5-9-20(10-6-18)29(25,26)23-12-15-27-16-13-23/h5-6,9-10,17,19H,2-4,7-8,11-16H2,1H3,(H,22,24). The van der Waals surface area contributed by atoms with Gasteiger partial charge in [0.05, 0.1) is 24.2 Å². The summed E-state index contributed by atoms with van der Waals surface area (Å²) in [5.74, 6) is 0.0230. The maximum atomic E-state index is 12.6. The van der Waals surface area contributed by atoms with Gasteiger partial charge >= 0.3 is 0 Å². The van der Waals surface area contributed by atoms with Crippen molar-refractivity contribution in [3.8, 4) is 0 Å². The minimum absolute atomic E-state index is 0.0230. The summed E-state index contributed by atoms with van der Waals surface area (Å²) in [6.45, 7) is 4.51. The Kier molecular flexibility index (Phi) is 8.06. The third kappa shape index (κ3) is 6.50. The molecule has 1 aromatic carbocycles. The number of benzene rings is 1. The first kappa shape index (κ1) is 22.2. The van der Waals surface area contributed by atoms with Crippen LogP contribution in [0, 0.1) is 0 Å². The second-order valence-electron chi connectivity index (χ2n) is 7.84. The Bertz CT molecular complexity index is 754. The van der Waals surface area contributed by atoms with E-state index in [0.717, 1.165) is 37.9 Å². The Morgan fingerprint density at radius 2 is 1.93 bits per heavy atom. The molecule has 162 valence electrons. The van der Waals surface area contributed by atoms with E-state index >= 15 is 0 Å². The van der Waals surface area contributed by atoms with Gasteiger partial charge in [0.1, 0.15) is 0 Å². The van der Waals surface area contributed by atoms with Crippen molar-refractivity contribution in [1.29, 1.82) is 0 Å². The van der Waals surface area contributed by atoms with E-state index in [1.807, 2.05) is 6.92 Å². The molecule has 1 aromatic rings. The van der Waals surface area contributed by atoms with Crippen LogP contribution in [0.3, 0.4) is 0 Å². The van der Waals surface area contributed by atoms with Gasteiger partial charge in [-0.2, -0.15) is 4.31 Å². The monoisotopic (exact) mass is 424 g/mol. The van der Waals surface area contributed by atoms with Crippen molar-refractivity contribution < 1.29 is 22.7 Å². The molecule has 29 heavy (non-hydrogen) atoms. The third-order valence-corrected chi connectivity index (χ3v) is 7.44. The number of sulfonamides is 1. The number of ether oxygens (including phenoxy) is 2. The van der Waals surface area contributed by atoms with Gasteiger partial charge in [-0.1, -0.05) is 12.1 Å². The number of carbonyl (C=O) groups excluding carboxylic acids is 1. The highest BCUT2D eigenvalue weighted by molar-refractivity contribution is 7.89. The molecule has 2 heterocycles. The van der Waals surface area contributed by atoms with Gasteiger partial charge in [-0.25, -0.2) is 8.42 Å². The molecule has 2 aliphatic heterocycles. The van der Waals surface area contributed by atoms with E-state index in [1.165, 1.54) is 4.31 Å². The summed E-state index contributed by atoms with van der Waals surface area (Å²) in [5, 5.41) is 3.04. The fraction of sp³-hybridized carbons (Fsp3) is 0.667. The van der Waals surface area contributed by atoms with Crippen LogP contribution in [0.2, 0.25) is 0 Å². The molecule has 2 saturated heterocycles. The predicted octanol–water partition coefficient (Wildman–Crippen LogP) is 2.10. The van der Waals surface area contributed by atoms with Crippen molar-refractivity contribution in [2.24, 2.45) is 0 Å². The first-order valence-electron chi connectivity index (χ1n) is 10.5. The van der Waals surface area contributed by atoms with Crippen LogP contribution < -0.4 is 5.32 Å². The maximum absolute atomic E-state index is 12.6. The van der Waals surface area contributed by atoms with Crippen LogP contribution in [-0.2, 0) is 30.7 Å². The van der Waals surface area contributed by atoms with Crippen LogP contribution in [0.15, 0.2) is 29.2 Å². The summed E-state index contributed by atoms with van der Waals surface area (Å²) in [7, 11) is -3.48. The molecule has 8 heteroatoms. The van der Waals surface area contributed by atoms with Gasteiger partial charge in [-0.05, 0) is 56.7 Å². The van der Waals surface area contributed by atoms with Gasteiger partial charge < -0.3 is 14.8 Å². The lowest BCUT2D eigenvalue weighted by molar-refractivity contribution is -0.121. The molecule has 0 aliphatic carbocycles. The fourth-order valence-electron chi connectivity index (χ4n) is 3.75. The Morgan fingerprint density at radius 1 is 1.21 bits per heavy atom. The summed E-state index contributed by atoms with van der Waals surface area (Å²) in [6.07, 6.45) is 5.49. The SMILES string of the molecule is CC(CCC1CCCO1)NC(=O)CCc1ccc(S(=O)(=O)N2CCOCC2)cc1. The zero-order valence-electron chi connectivity index (χ0n) is 17.1. The number of hydrogen-bond acceptors (Lipinski definition) is 5. The quantitative estimate of drug-likeness (QED) is 0.656. The van der Waals surface area contributed by atoms with Crippen molar-refractivity contribution in [1.82, 2.24) is 9.62 Å². The molecule has 0 saturated carbocycles. The minimum atomic E-state index is -3.48. The number of nitrogens with one attached hydrogen (secondary N) is 1. The molecular formula is C21H32N2O5S. The van der Waals surface area contributed by atoms with E-state index in [-0.39, 0.29) is 16.8 Å². The highest BCUT2D eigenvalue weighted by Gasteiger charge is 2.26. The van der Waals surface area contributed by atoms with Crippen molar-refractivity contribution in [2.45, 2.75) is 62.5 Å². The summed E-state index contributed by atoms with van der Waals surface area (Å²) in [5.41, 5.74) is 0.952. The predicted molar refractivity (Wildman–Crippen MR) is 110 cm³/mol. The molecule has 2 aliphatic rings. The van der Waals surface area contributed by atoms with Crippen molar-refractivity contribution >= 4 is 15.9 Å². The van der Waals surface area contributed by atoms with Gasteiger partial charge in [-0.3, -0.25) is 4.79 Å². The Morgan fingerprint density at radius 3 is 2.59 bits per heavy atom. The number of amides is 1. The van der Waals surface area contributed by atoms with E-state index in [0.29, 0.717) is 45.2 Å². The molecule has 3 rings (SSSR count). The van der Waals surface area contributed by atoms with Crippen LogP contribution in [0.25, 0.3) is 0 Å². The molecule has 7 nitrogen and oxygen atoms in total. The lowest BCUT2D eigenvalue weighted by atomic mass is 10.1. The van der Waals surface area contributed by atoms with Crippen molar-refractivity contribution in [2.75, 3.05) is 32.9 Å². The molecule has 2 atom stereocenters. The van der Waals surface area contributed by atoms with Crippen LogP contribution in [0.4, 0.5) is 0 Å². The molecule has 0 bridgehead atoms. The number of carbonyl (C=O) groups is 1. The van der Waals surface area contributed by atoms with Crippen LogP contribution in [0.5, 0.6) is 0 Å². The normalized spacial score (nSPS) is 21.8. The van der Waals surface area contributed by atoms with Gasteiger partial charge in [0.15, 0.2) is 0 Å². The van der Waals surface area contributed by atoms with Crippen molar-refractivity contribution in [3.63, 3.8) is 0 Å². The summed E-state index contributed by atoms with van der Waals surface area (Å²) >= 11 is 0. The van der Waals surface area contributed by atoms with E-state index in [4.69, 9.17) is 9.47 Å². The molecule has 1 N–H and O–H groups in total. The summed E-state index contributed by atoms with van der Waals surface area (Å²) in [6, 6.07) is 6.97. The summed E-state index contributed by atoms with van der Waals surface area (Å²) < 4.78 is 37.6. The largest absolute Gasteiger partial charge is 0.379 e. The molecule has 0 radical (unpaired) electrons. The molecule has 0 spiro atoms. The topological polar surface area (TPSA) is 84.9 Å². The van der Waals surface area contributed by atoms with Crippen LogP contribution in [-0.4, -0.2) is 63.7 Å². The Hall–Kier alpha value is -1.48. The molecular weight excluding hydrogens is 392 g/mol. The van der Waals surface area contributed by atoms with Crippen molar-refractivity contribution in [3.05, 3.63) is 29.8 Å². The van der Waals surface area contributed by atoms with Crippen LogP contribution in [0.1, 0.15) is 44.6 Å². The molecule has 1 amide bonds. The number of rotatable bonds is 9. The number of aryl methyl sites for hydroxylation is 1. The first-order valence-corrected chi connectivity index (χ1v) is 12.0. The van der Waals surface area contributed by atoms with E-state index < -0.39 is 10.0 Å². The van der Waals surface area contributed by atoms with Gasteiger partial charge in [0, 0.05) is 32.2 Å². The summed E-state index contributed by atoms with van der Waals surface area (Å²) in [4.78, 5) is 12.5. The Balaban J connectivity index is 1.42. The molecule has 2 fully saturated rings.